The van der Waals surface area contributed by atoms with Crippen LogP contribution in [0.1, 0.15) is 18.5 Å². The third kappa shape index (κ3) is 4.00. The molecule has 24 heavy (non-hydrogen) atoms. The second kappa shape index (κ2) is 8.16. The predicted molar refractivity (Wildman–Crippen MR) is 98.2 cm³/mol. The highest BCUT2D eigenvalue weighted by Crippen LogP contribution is 2.35. The topological polar surface area (TPSA) is 50.8 Å². The quantitative estimate of drug-likeness (QED) is 0.474. The fourth-order valence-electron chi connectivity index (χ4n) is 2.36. The number of ether oxygens (including phenoxy) is 2. The van der Waals surface area contributed by atoms with Gasteiger partial charge in [0.05, 0.1) is 18.2 Å². The number of thiocarbonyl (C=S) groups is 1. The molecule has 0 saturated heterocycles. The fraction of sp³-hybridized carbons (Fsp3) is 0.375. The molecule has 0 aromatic heterocycles. The van der Waals surface area contributed by atoms with Crippen molar-refractivity contribution >= 4 is 46.5 Å². The Bertz CT molecular complexity index is 694. The lowest BCUT2D eigenvalue weighted by Gasteiger charge is -2.35. The number of hydrogen-bond acceptors (Lipinski definition) is 4. The van der Waals surface area contributed by atoms with Crippen molar-refractivity contribution in [3.05, 3.63) is 45.1 Å². The van der Waals surface area contributed by atoms with Gasteiger partial charge in [-0.1, -0.05) is 29.3 Å². The normalized spacial score (nSPS) is 17.8. The zero-order chi connectivity index (χ0) is 17.9. The number of halogens is 2. The molecule has 1 aromatic rings. The molecule has 1 aromatic carbocycles. The van der Waals surface area contributed by atoms with E-state index in [0.717, 1.165) is 0 Å². The van der Waals surface area contributed by atoms with E-state index >= 15 is 0 Å². The highest BCUT2D eigenvalue weighted by Gasteiger charge is 2.34. The van der Waals surface area contributed by atoms with Crippen LogP contribution in [0.3, 0.4) is 0 Å². The Labute approximate surface area is 156 Å². The largest absolute Gasteiger partial charge is 0.460 e. The summed E-state index contributed by atoms with van der Waals surface area (Å²) in [5, 5.41) is 4.60. The summed E-state index contributed by atoms with van der Waals surface area (Å²) < 4.78 is 10.2. The number of nitrogens with zero attached hydrogens (tertiary/aromatic N) is 1. The molecule has 8 heteroatoms. The van der Waals surface area contributed by atoms with Crippen molar-refractivity contribution in [2.75, 3.05) is 27.4 Å². The van der Waals surface area contributed by atoms with E-state index in [1.54, 1.807) is 37.3 Å². The van der Waals surface area contributed by atoms with Gasteiger partial charge in [0.25, 0.3) is 0 Å². The summed E-state index contributed by atoms with van der Waals surface area (Å²) in [6.07, 6.45) is 0. The Morgan fingerprint density at radius 3 is 2.71 bits per heavy atom. The average Bonchev–Trinajstić information content (AvgIpc) is 2.52. The van der Waals surface area contributed by atoms with E-state index in [2.05, 4.69) is 5.32 Å². The molecule has 1 aliphatic heterocycles. The van der Waals surface area contributed by atoms with Crippen molar-refractivity contribution in [3.8, 4) is 0 Å². The van der Waals surface area contributed by atoms with Crippen LogP contribution in [0.2, 0.25) is 10.0 Å². The van der Waals surface area contributed by atoms with Crippen LogP contribution in [0.25, 0.3) is 0 Å². The number of benzene rings is 1. The zero-order valence-corrected chi connectivity index (χ0v) is 15.9. The van der Waals surface area contributed by atoms with Gasteiger partial charge < -0.3 is 19.7 Å². The van der Waals surface area contributed by atoms with Gasteiger partial charge >= 0.3 is 5.97 Å². The van der Waals surface area contributed by atoms with Crippen LogP contribution in [0.15, 0.2) is 29.5 Å². The molecule has 2 rings (SSSR count). The molecule has 0 amide bonds. The molecule has 1 unspecified atom stereocenters. The van der Waals surface area contributed by atoms with Crippen LogP contribution in [-0.4, -0.2) is 43.4 Å². The number of nitrogens with one attached hydrogen (secondary N) is 1. The summed E-state index contributed by atoms with van der Waals surface area (Å²) in [5.74, 6) is -0.442. The molecular weight excluding hydrogens is 371 g/mol. The van der Waals surface area contributed by atoms with Crippen LogP contribution in [0.5, 0.6) is 0 Å². The molecule has 1 N–H and O–H groups in total. The van der Waals surface area contributed by atoms with E-state index in [1.165, 1.54) is 0 Å². The van der Waals surface area contributed by atoms with E-state index in [4.69, 9.17) is 44.9 Å². The minimum Gasteiger partial charge on any atom is -0.460 e. The number of hydrogen-bond donors (Lipinski definition) is 1. The van der Waals surface area contributed by atoms with Crippen LogP contribution < -0.4 is 5.32 Å². The molecule has 0 aliphatic carbocycles. The van der Waals surface area contributed by atoms with Crippen molar-refractivity contribution in [3.63, 3.8) is 0 Å². The smallest absolute Gasteiger partial charge is 0.338 e. The second-order valence-electron chi connectivity index (χ2n) is 5.24. The highest BCUT2D eigenvalue weighted by molar-refractivity contribution is 7.80. The fourth-order valence-corrected chi connectivity index (χ4v) is 3.14. The van der Waals surface area contributed by atoms with Crippen molar-refractivity contribution in [1.29, 1.82) is 0 Å². The van der Waals surface area contributed by atoms with E-state index < -0.39 is 12.0 Å². The Morgan fingerprint density at radius 1 is 1.38 bits per heavy atom. The predicted octanol–water partition coefficient (Wildman–Crippen LogP) is 3.32. The number of carbonyl (C=O) groups is 1. The van der Waals surface area contributed by atoms with E-state index in [0.29, 0.717) is 38.6 Å². The van der Waals surface area contributed by atoms with Gasteiger partial charge in [0.1, 0.15) is 6.61 Å². The third-order valence-electron chi connectivity index (χ3n) is 3.77. The van der Waals surface area contributed by atoms with Gasteiger partial charge in [-0.05, 0) is 36.8 Å². The number of esters is 1. The molecule has 1 atom stereocenters. The molecular formula is C16H18Cl2N2O3S. The highest BCUT2D eigenvalue weighted by atomic mass is 35.5. The van der Waals surface area contributed by atoms with Crippen LogP contribution >= 0.6 is 35.4 Å². The van der Waals surface area contributed by atoms with Gasteiger partial charge in [-0.3, -0.25) is 0 Å². The first-order chi connectivity index (χ1) is 11.4. The Morgan fingerprint density at radius 2 is 2.08 bits per heavy atom. The summed E-state index contributed by atoms with van der Waals surface area (Å²) in [6, 6.07) is 4.61. The van der Waals surface area contributed by atoms with Crippen LogP contribution in [0, 0.1) is 0 Å². The summed E-state index contributed by atoms with van der Waals surface area (Å²) in [6.45, 7) is 2.31. The Kier molecular flexibility index (Phi) is 6.46. The summed E-state index contributed by atoms with van der Waals surface area (Å²) in [7, 11) is 3.33. The van der Waals surface area contributed by atoms with Gasteiger partial charge in [0, 0.05) is 29.9 Å². The van der Waals surface area contributed by atoms with Gasteiger partial charge in [-0.25, -0.2) is 4.79 Å². The van der Waals surface area contributed by atoms with Crippen molar-refractivity contribution < 1.29 is 14.3 Å². The standard InChI is InChI=1S/C16H18Cl2N2O3S/c1-9-13(15(21)23-7-6-22-3)14(19-16(24)20(9)2)11-5-4-10(17)8-12(11)18/h4-5,8,14H,6-7H2,1-3H3,(H,19,24). The average molecular weight is 389 g/mol. The maximum absolute atomic E-state index is 12.6. The Hall–Kier alpha value is -1.34. The van der Waals surface area contributed by atoms with Crippen molar-refractivity contribution in [2.45, 2.75) is 13.0 Å². The molecule has 0 radical (unpaired) electrons. The zero-order valence-electron chi connectivity index (χ0n) is 13.6. The monoisotopic (exact) mass is 388 g/mol. The van der Waals surface area contributed by atoms with Crippen molar-refractivity contribution in [1.82, 2.24) is 10.2 Å². The third-order valence-corrected chi connectivity index (χ3v) is 4.72. The minimum atomic E-state index is -0.506. The lowest BCUT2D eigenvalue weighted by atomic mass is 9.95. The van der Waals surface area contributed by atoms with Crippen LogP contribution in [0.4, 0.5) is 0 Å². The second-order valence-corrected chi connectivity index (χ2v) is 6.47. The van der Waals surface area contributed by atoms with E-state index in [1.807, 2.05) is 6.92 Å². The van der Waals surface area contributed by atoms with Crippen molar-refractivity contribution in [2.24, 2.45) is 0 Å². The number of carbonyl (C=O) groups excluding carboxylic acids is 1. The molecule has 1 heterocycles. The Balaban J connectivity index is 2.43. The minimum absolute atomic E-state index is 0.168. The summed E-state index contributed by atoms with van der Waals surface area (Å²) in [4.78, 5) is 14.3. The molecule has 0 saturated carbocycles. The maximum Gasteiger partial charge on any atom is 0.338 e. The number of allylic oxidation sites excluding steroid dienone is 1. The first-order valence-corrected chi connectivity index (χ1v) is 8.39. The molecule has 0 bridgehead atoms. The van der Waals surface area contributed by atoms with Gasteiger partial charge in [0.2, 0.25) is 0 Å². The number of methoxy groups -OCH3 is 1. The lowest BCUT2D eigenvalue weighted by molar-refractivity contribution is -0.140. The molecule has 5 nitrogen and oxygen atoms in total. The first-order valence-electron chi connectivity index (χ1n) is 7.22. The molecule has 0 fully saturated rings. The molecule has 130 valence electrons. The summed E-state index contributed by atoms with van der Waals surface area (Å²) >= 11 is 17.6. The van der Waals surface area contributed by atoms with E-state index in [9.17, 15) is 4.79 Å². The SMILES string of the molecule is COCCOC(=O)C1=C(C)N(C)C(=S)NC1c1ccc(Cl)cc1Cl. The van der Waals surface area contributed by atoms with Crippen LogP contribution in [-0.2, 0) is 14.3 Å². The molecule has 0 spiro atoms. The number of rotatable bonds is 5. The van der Waals surface area contributed by atoms with Gasteiger partial charge in [-0.2, -0.15) is 0 Å². The van der Waals surface area contributed by atoms with E-state index in [-0.39, 0.29) is 6.61 Å². The molecule has 1 aliphatic rings. The van der Waals surface area contributed by atoms with Gasteiger partial charge in [0.15, 0.2) is 5.11 Å². The van der Waals surface area contributed by atoms with Gasteiger partial charge in [-0.15, -0.1) is 0 Å². The summed E-state index contributed by atoms with van der Waals surface area (Å²) in [5.41, 5.74) is 1.86. The lowest BCUT2D eigenvalue weighted by Crippen LogP contribution is -2.46. The first kappa shape index (κ1) is 19.0. The maximum atomic E-state index is 12.6.